The number of halogens is 1. The largest absolute Gasteiger partial charge is 0.497 e. The summed E-state index contributed by atoms with van der Waals surface area (Å²) in [6, 6.07) is 21.6. The van der Waals surface area contributed by atoms with Crippen molar-refractivity contribution >= 4 is 29.1 Å². The van der Waals surface area contributed by atoms with Crippen LogP contribution in [-0.4, -0.2) is 24.3 Å². The second-order valence-corrected chi connectivity index (χ2v) is 9.27. The molecule has 0 saturated heterocycles. The van der Waals surface area contributed by atoms with Crippen LogP contribution < -0.4 is 19.6 Å². The van der Waals surface area contributed by atoms with Crippen LogP contribution in [0.2, 0.25) is 0 Å². The van der Waals surface area contributed by atoms with Crippen LogP contribution in [0.25, 0.3) is 11.8 Å². The van der Waals surface area contributed by atoms with Crippen LogP contribution in [0.4, 0.5) is 4.39 Å². The molecule has 4 aromatic rings. The fraction of sp³-hybridized carbons (Fsp3) is 0.138. The fourth-order valence-corrected chi connectivity index (χ4v) is 5.25. The van der Waals surface area contributed by atoms with Crippen LogP contribution in [0.1, 0.15) is 29.7 Å². The van der Waals surface area contributed by atoms with Crippen molar-refractivity contribution in [2.45, 2.75) is 13.0 Å². The van der Waals surface area contributed by atoms with Gasteiger partial charge in [-0.05, 0) is 48.4 Å². The molecule has 0 spiro atoms. The lowest BCUT2D eigenvalue weighted by Crippen LogP contribution is -2.40. The summed E-state index contributed by atoms with van der Waals surface area (Å²) in [5, 5.41) is 0. The molecule has 1 unspecified atom stereocenters. The second-order valence-electron chi connectivity index (χ2n) is 8.26. The zero-order valence-corrected chi connectivity index (χ0v) is 21.0. The Morgan fingerprint density at radius 2 is 1.76 bits per heavy atom. The highest BCUT2D eigenvalue weighted by atomic mass is 32.1. The summed E-state index contributed by atoms with van der Waals surface area (Å²) in [6.45, 7) is 1.88. The van der Waals surface area contributed by atoms with Crippen LogP contribution in [0.5, 0.6) is 5.75 Å². The van der Waals surface area contributed by atoms with Gasteiger partial charge in [-0.15, -0.1) is 0 Å². The maximum absolute atomic E-state index is 13.8. The number of fused-ring (bicyclic) bond motifs is 1. The summed E-state index contributed by atoms with van der Waals surface area (Å²) in [4.78, 5) is 32.4. The third-order valence-corrected chi connectivity index (χ3v) is 6.96. The summed E-state index contributed by atoms with van der Waals surface area (Å²) in [5.74, 6) is -0.286. The third kappa shape index (κ3) is 4.75. The lowest BCUT2D eigenvalue weighted by Gasteiger charge is -2.25. The van der Waals surface area contributed by atoms with Crippen molar-refractivity contribution in [3.63, 3.8) is 0 Å². The third-order valence-electron chi connectivity index (χ3n) is 5.97. The molecule has 37 heavy (non-hydrogen) atoms. The first kappa shape index (κ1) is 24.4. The average Bonchev–Trinajstić information content (AvgIpc) is 3.23. The highest BCUT2D eigenvalue weighted by Gasteiger charge is 2.35. The molecule has 1 atom stereocenters. The summed E-state index contributed by atoms with van der Waals surface area (Å²) in [7, 11) is 1.59. The van der Waals surface area contributed by atoms with Crippen molar-refractivity contribution < 1.29 is 18.7 Å². The first-order valence-corrected chi connectivity index (χ1v) is 12.5. The van der Waals surface area contributed by atoms with E-state index >= 15 is 0 Å². The molecular formula is C29H23FN2O4S. The number of methoxy groups -OCH3 is 1. The van der Waals surface area contributed by atoms with E-state index in [-0.39, 0.29) is 17.7 Å². The molecule has 0 aliphatic carbocycles. The molecule has 3 aromatic carbocycles. The van der Waals surface area contributed by atoms with E-state index in [9.17, 15) is 14.0 Å². The van der Waals surface area contributed by atoms with Gasteiger partial charge in [0.15, 0.2) is 4.80 Å². The minimum absolute atomic E-state index is 0.155. The highest BCUT2D eigenvalue weighted by Crippen LogP contribution is 2.35. The van der Waals surface area contributed by atoms with E-state index in [0.717, 1.165) is 5.56 Å². The van der Waals surface area contributed by atoms with E-state index in [0.29, 0.717) is 31.9 Å². The van der Waals surface area contributed by atoms with Gasteiger partial charge in [-0.25, -0.2) is 14.2 Å². The number of thiazole rings is 1. The average molecular weight is 515 g/mol. The van der Waals surface area contributed by atoms with Crippen molar-refractivity contribution in [2.75, 3.05) is 13.7 Å². The topological polar surface area (TPSA) is 69.9 Å². The Kier molecular flexibility index (Phi) is 6.83. The molecule has 1 aliphatic rings. The lowest BCUT2D eigenvalue weighted by atomic mass is 9.93. The summed E-state index contributed by atoms with van der Waals surface area (Å²) >= 11 is 1.23. The zero-order valence-electron chi connectivity index (χ0n) is 20.2. The Labute approximate surface area is 216 Å². The number of hydrogen-bond acceptors (Lipinski definition) is 6. The quantitative estimate of drug-likeness (QED) is 0.364. The van der Waals surface area contributed by atoms with E-state index in [1.165, 1.54) is 28.0 Å². The van der Waals surface area contributed by atoms with Gasteiger partial charge in [-0.1, -0.05) is 65.9 Å². The molecule has 0 N–H and O–H groups in total. The maximum atomic E-state index is 13.8. The van der Waals surface area contributed by atoms with Gasteiger partial charge in [-0.3, -0.25) is 9.36 Å². The van der Waals surface area contributed by atoms with Crippen molar-refractivity contribution in [3.8, 4) is 5.75 Å². The number of ether oxygens (including phenoxy) is 2. The van der Waals surface area contributed by atoms with Gasteiger partial charge in [0.05, 0.1) is 35.6 Å². The van der Waals surface area contributed by atoms with Crippen LogP contribution in [0.3, 0.4) is 0 Å². The number of hydrogen-bond donors (Lipinski definition) is 0. The Balaban J connectivity index is 1.80. The SMILES string of the molecule is CCOC(=O)C1=C(c2ccccc2)N=c2s/c(=C\c3ccc(OC)cc3)c(=O)n2C1c1ccc(F)cc1. The number of nitrogens with zero attached hydrogens (tertiary/aromatic N) is 2. The number of carbonyl (C=O) groups is 1. The normalized spacial score (nSPS) is 15.2. The Morgan fingerprint density at radius 1 is 1.05 bits per heavy atom. The number of benzene rings is 3. The van der Waals surface area contributed by atoms with Gasteiger partial charge in [0.25, 0.3) is 5.56 Å². The van der Waals surface area contributed by atoms with Gasteiger partial charge in [0.1, 0.15) is 11.6 Å². The molecule has 6 nitrogen and oxygen atoms in total. The fourth-order valence-electron chi connectivity index (χ4n) is 4.25. The van der Waals surface area contributed by atoms with Crippen LogP contribution >= 0.6 is 11.3 Å². The molecule has 0 bridgehead atoms. The van der Waals surface area contributed by atoms with Gasteiger partial charge < -0.3 is 9.47 Å². The highest BCUT2D eigenvalue weighted by molar-refractivity contribution is 7.07. The molecule has 5 rings (SSSR count). The van der Waals surface area contributed by atoms with Crippen molar-refractivity contribution in [1.82, 2.24) is 4.57 Å². The number of aromatic nitrogens is 1. The van der Waals surface area contributed by atoms with Crippen molar-refractivity contribution in [1.29, 1.82) is 0 Å². The second kappa shape index (κ2) is 10.4. The maximum Gasteiger partial charge on any atom is 0.338 e. The van der Waals surface area contributed by atoms with Gasteiger partial charge in [0, 0.05) is 5.56 Å². The number of rotatable bonds is 6. The number of carbonyl (C=O) groups excluding carboxylic acids is 1. The molecule has 2 heterocycles. The van der Waals surface area contributed by atoms with Crippen molar-refractivity contribution in [2.24, 2.45) is 4.99 Å². The predicted octanol–water partition coefficient (Wildman–Crippen LogP) is 4.08. The Bertz CT molecular complexity index is 1650. The minimum atomic E-state index is -0.843. The van der Waals surface area contributed by atoms with E-state index in [4.69, 9.17) is 14.5 Å². The first-order valence-electron chi connectivity index (χ1n) is 11.7. The molecule has 186 valence electrons. The molecule has 1 aliphatic heterocycles. The molecular weight excluding hydrogens is 491 g/mol. The van der Waals surface area contributed by atoms with E-state index in [1.807, 2.05) is 54.6 Å². The molecule has 1 aromatic heterocycles. The van der Waals surface area contributed by atoms with Gasteiger partial charge in [0.2, 0.25) is 0 Å². The molecule has 0 radical (unpaired) electrons. The molecule has 0 amide bonds. The minimum Gasteiger partial charge on any atom is -0.497 e. The summed E-state index contributed by atoms with van der Waals surface area (Å²) < 4.78 is 26.4. The van der Waals surface area contributed by atoms with E-state index in [1.54, 1.807) is 32.2 Å². The van der Waals surface area contributed by atoms with Crippen LogP contribution in [0.15, 0.2) is 94.2 Å². The lowest BCUT2D eigenvalue weighted by molar-refractivity contribution is -0.138. The first-order chi connectivity index (χ1) is 18.0. The van der Waals surface area contributed by atoms with E-state index < -0.39 is 17.8 Å². The monoisotopic (exact) mass is 514 g/mol. The van der Waals surface area contributed by atoms with E-state index in [2.05, 4.69) is 0 Å². The Morgan fingerprint density at radius 3 is 2.41 bits per heavy atom. The van der Waals surface area contributed by atoms with Crippen LogP contribution in [-0.2, 0) is 9.53 Å². The Hall–Kier alpha value is -4.30. The molecule has 0 fully saturated rings. The predicted molar refractivity (Wildman–Crippen MR) is 140 cm³/mol. The van der Waals surface area contributed by atoms with Crippen molar-refractivity contribution in [3.05, 3.63) is 127 Å². The van der Waals surface area contributed by atoms with Crippen LogP contribution in [0, 0.1) is 5.82 Å². The molecule has 8 heteroatoms. The smallest absolute Gasteiger partial charge is 0.338 e. The summed E-state index contributed by atoms with van der Waals surface area (Å²) in [5.41, 5.74) is 2.45. The van der Waals surface area contributed by atoms with Gasteiger partial charge in [-0.2, -0.15) is 0 Å². The standard InChI is InChI=1S/C29H23FN2O4S/c1-3-36-28(34)24-25(19-7-5-4-6-8-19)31-29-32(26(24)20-11-13-21(30)14-12-20)27(33)23(37-29)17-18-9-15-22(35-2)16-10-18/h4-17,26H,3H2,1-2H3/b23-17-. The summed E-state index contributed by atoms with van der Waals surface area (Å²) in [6.07, 6.45) is 1.78. The molecule has 0 saturated carbocycles. The zero-order chi connectivity index (χ0) is 25.9. The van der Waals surface area contributed by atoms with Gasteiger partial charge >= 0.3 is 5.97 Å². The number of esters is 1.